The number of pyridine rings is 4. The number of nitrogens with two attached hydrogens (primary N) is 1. The predicted molar refractivity (Wildman–Crippen MR) is 244 cm³/mol. The van der Waals surface area contributed by atoms with Crippen LogP contribution in [0.4, 0.5) is 0 Å². The molecule has 1 atom stereocenters. The molecule has 0 spiro atoms. The first-order chi connectivity index (χ1) is 34.0. The lowest BCUT2D eigenvalue weighted by molar-refractivity contribution is -0.126. The van der Waals surface area contributed by atoms with Crippen molar-refractivity contribution >= 4 is 29.5 Å². The second-order valence-corrected chi connectivity index (χ2v) is 15.0. The maximum atomic E-state index is 14.5. The number of nitrogens with zero attached hydrogens (tertiary/aromatic N) is 6. The van der Waals surface area contributed by atoms with E-state index in [4.69, 9.17) is 29.4 Å². The van der Waals surface area contributed by atoms with E-state index in [1.165, 1.54) is 38.4 Å². The number of ether oxygens (including phenoxy) is 5. The lowest BCUT2D eigenvalue weighted by Crippen LogP contribution is -2.52. The molecule has 71 heavy (non-hydrogen) atoms. The maximum absolute atomic E-state index is 14.5. The molecule has 4 heterocycles. The number of methoxy groups -OCH3 is 4. The molecular weight excluding hydrogens is 945 g/mol. The first-order valence-corrected chi connectivity index (χ1v) is 21.7. The number of carbonyl (C=O) groups excluding carboxylic acids is 5. The van der Waals surface area contributed by atoms with E-state index in [1.54, 1.807) is 0 Å². The molecule has 5 amide bonds. The molecule has 386 valence electrons. The van der Waals surface area contributed by atoms with E-state index < -0.39 is 80.6 Å². The lowest BCUT2D eigenvalue weighted by atomic mass is 10.1. The standard InChI is InChI=1S/C43H56N10O18/c1-67-31-13-9-27(50(63)40(31)59)36(55)45-18-6-22-48(38(57)29-11-15-33(69-3)42(61)52(29)65)21-5-8-26(35(54)47-20-25-71-24-17-44)49(39(58)30-12-16-34(70-4)43(62)53(30)66)23-7-19-46-37(56)28-10-14-32(68-2)41(60)51(28)64/h9-16,26,63-66H,5-8,17-25,44H2,1-4H3,(H,45,55)(H,46,56)(H,47,54). The van der Waals surface area contributed by atoms with Gasteiger partial charge in [0, 0.05) is 45.8 Å². The van der Waals surface area contributed by atoms with Gasteiger partial charge in [-0.15, -0.1) is 18.9 Å². The number of rotatable bonds is 27. The number of carbonyl (C=O) groups is 5. The highest BCUT2D eigenvalue weighted by atomic mass is 16.5. The molecular formula is C43H56N10O18. The molecule has 9 N–H and O–H groups in total. The fourth-order valence-corrected chi connectivity index (χ4v) is 6.91. The highest BCUT2D eigenvalue weighted by molar-refractivity contribution is 5.97. The summed E-state index contributed by atoms with van der Waals surface area (Å²) in [6.45, 7) is -0.851. The van der Waals surface area contributed by atoms with Gasteiger partial charge in [0.2, 0.25) is 5.91 Å². The Morgan fingerprint density at radius 1 is 0.535 bits per heavy atom. The van der Waals surface area contributed by atoms with E-state index in [9.17, 15) is 64.0 Å². The molecule has 28 heteroatoms. The van der Waals surface area contributed by atoms with Gasteiger partial charge in [0.1, 0.15) is 28.8 Å². The van der Waals surface area contributed by atoms with E-state index >= 15 is 0 Å². The molecule has 0 radical (unpaired) electrons. The fourth-order valence-electron chi connectivity index (χ4n) is 6.91. The van der Waals surface area contributed by atoms with Crippen LogP contribution in [0.5, 0.6) is 23.0 Å². The molecule has 28 nitrogen and oxygen atoms in total. The summed E-state index contributed by atoms with van der Waals surface area (Å²) < 4.78 is 25.3. The van der Waals surface area contributed by atoms with Crippen molar-refractivity contribution < 1.29 is 68.5 Å². The van der Waals surface area contributed by atoms with Gasteiger partial charge in [0.05, 0.1) is 41.7 Å². The summed E-state index contributed by atoms with van der Waals surface area (Å²) in [5.41, 5.74) is -0.652. The van der Waals surface area contributed by atoms with Crippen LogP contribution in [0.2, 0.25) is 0 Å². The summed E-state index contributed by atoms with van der Waals surface area (Å²) in [6, 6.07) is 7.66. The minimum Gasteiger partial charge on any atom is -0.491 e. The molecule has 4 aromatic rings. The van der Waals surface area contributed by atoms with Crippen LogP contribution in [0.15, 0.2) is 67.7 Å². The van der Waals surface area contributed by atoms with E-state index in [2.05, 4.69) is 16.0 Å². The quantitative estimate of drug-likeness (QED) is 0.0232. The SMILES string of the molecule is COc1ccc(C(=O)NCCCN(CCCC(C(=O)NCCOCCN)N(CCCNC(=O)c2ccc(OC)c(=O)n2O)C(=O)c2ccc(OC)c(=O)n2O)C(=O)c2ccc(OC)c(=O)n2O)n(O)c1=O. The van der Waals surface area contributed by atoms with Crippen LogP contribution in [0.1, 0.15) is 67.6 Å². The highest BCUT2D eigenvalue weighted by Crippen LogP contribution is 2.17. The van der Waals surface area contributed by atoms with Gasteiger partial charge in [0.25, 0.3) is 23.6 Å². The minimum atomic E-state index is -1.46. The van der Waals surface area contributed by atoms with Crippen LogP contribution in [-0.4, -0.2) is 173 Å². The Bertz CT molecular complexity index is 2790. The van der Waals surface area contributed by atoms with Crippen LogP contribution in [-0.2, 0) is 9.53 Å². The second kappa shape index (κ2) is 26.3. The Hall–Kier alpha value is -8.53. The third-order valence-electron chi connectivity index (χ3n) is 10.6. The third kappa shape index (κ3) is 13.6. The predicted octanol–water partition coefficient (Wildman–Crippen LogP) is -2.22. The van der Waals surface area contributed by atoms with Crippen LogP contribution in [0.3, 0.4) is 0 Å². The summed E-state index contributed by atoms with van der Waals surface area (Å²) in [7, 11) is 4.73. The lowest BCUT2D eigenvalue weighted by Gasteiger charge is -2.32. The van der Waals surface area contributed by atoms with Gasteiger partial charge in [-0.1, -0.05) is 0 Å². The Kier molecular flexibility index (Phi) is 20.4. The molecule has 0 aliphatic heterocycles. The van der Waals surface area contributed by atoms with Crippen molar-refractivity contribution in [3.05, 3.63) is 113 Å². The third-order valence-corrected chi connectivity index (χ3v) is 10.6. The first kappa shape index (κ1) is 55.1. The average Bonchev–Trinajstić information content (AvgIpc) is 3.36. The summed E-state index contributed by atoms with van der Waals surface area (Å²) in [4.78, 5) is 121. The molecule has 4 rings (SSSR count). The minimum absolute atomic E-state index is 0.00392. The zero-order valence-corrected chi connectivity index (χ0v) is 39.2. The molecule has 0 bridgehead atoms. The van der Waals surface area contributed by atoms with Crippen molar-refractivity contribution in [2.45, 2.75) is 31.7 Å². The molecule has 0 saturated carbocycles. The molecule has 1 unspecified atom stereocenters. The normalized spacial score (nSPS) is 11.2. The first-order valence-electron chi connectivity index (χ1n) is 21.7. The Morgan fingerprint density at radius 2 is 0.930 bits per heavy atom. The van der Waals surface area contributed by atoms with Crippen molar-refractivity contribution in [1.29, 1.82) is 0 Å². The maximum Gasteiger partial charge on any atom is 0.325 e. The smallest absolute Gasteiger partial charge is 0.325 e. The van der Waals surface area contributed by atoms with Crippen molar-refractivity contribution in [3.63, 3.8) is 0 Å². The van der Waals surface area contributed by atoms with Crippen LogP contribution in [0, 0.1) is 0 Å². The van der Waals surface area contributed by atoms with Gasteiger partial charge in [-0.05, 0) is 74.2 Å². The fraction of sp³-hybridized carbons (Fsp3) is 0.419. The van der Waals surface area contributed by atoms with Gasteiger partial charge in [-0.25, -0.2) is 0 Å². The summed E-state index contributed by atoms with van der Waals surface area (Å²) in [5, 5.41) is 49.8. The summed E-state index contributed by atoms with van der Waals surface area (Å²) in [6.07, 6.45) is -0.451. The van der Waals surface area contributed by atoms with Crippen molar-refractivity contribution in [2.75, 3.05) is 87.5 Å². The zero-order valence-electron chi connectivity index (χ0n) is 39.2. The molecule has 0 aliphatic carbocycles. The van der Waals surface area contributed by atoms with Gasteiger partial charge >= 0.3 is 22.2 Å². The number of hydrogen-bond donors (Lipinski definition) is 8. The topological polar surface area (TPSA) is 369 Å². The Morgan fingerprint density at radius 3 is 1.37 bits per heavy atom. The Balaban J connectivity index is 1.66. The average molecular weight is 1000 g/mol. The van der Waals surface area contributed by atoms with E-state index in [1.807, 2.05) is 0 Å². The molecule has 0 fully saturated rings. The van der Waals surface area contributed by atoms with E-state index in [0.717, 1.165) is 48.4 Å². The van der Waals surface area contributed by atoms with E-state index in [0.29, 0.717) is 0 Å². The monoisotopic (exact) mass is 1000 g/mol. The Labute approximate surface area is 402 Å². The number of amides is 5. The highest BCUT2D eigenvalue weighted by Gasteiger charge is 2.33. The molecule has 0 aliphatic rings. The molecule has 4 aromatic heterocycles. The van der Waals surface area contributed by atoms with Crippen molar-refractivity contribution in [3.8, 4) is 23.0 Å². The zero-order chi connectivity index (χ0) is 52.4. The van der Waals surface area contributed by atoms with Gasteiger partial charge < -0.3 is 76.0 Å². The van der Waals surface area contributed by atoms with Gasteiger partial charge in [0.15, 0.2) is 23.0 Å². The van der Waals surface area contributed by atoms with Crippen LogP contribution in [0.25, 0.3) is 0 Å². The second-order valence-electron chi connectivity index (χ2n) is 15.0. The number of aromatic nitrogens is 4. The summed E-state index contributed by atoms with van der Waals surface area (Å²) >= 11 is 0. The number of nitrogens with one attached hydrogen (secondary N) is 3. The van der Waals surface area contributed by atoms with Crippen LogP contribution < -0.4 is 62.9 Å². The van der Waals surface area contributed by atoms with Gasteiger partial charge in [-0.2, -0.15) is 0 Å². The molecule has 0 aromatic carbocycles. The summed E-state index contributed by atoms with van der Waals surface area (Å²) in [5.74, 6) is -5.56. The molecule has 0 saturated heterocycles. The number of hydrogen-bond acceptors (Lipinski definition) is 19. The largest absolute Gasteiger partial charge is 0.491 e. The van der Waals surface area contributed by atoms with Crippen molar-refractivity contribution in [1.82, 2.24) is 44.7 Å². The van der Waals surface area contributed by atoms with E-state index in [-0.39, 0.29) is 127 Å². The van der Waals surface area contributed by atoms with Gasteiger partial charge in [-0.3, -0.25) is 43.2 Å². The van der Waals surface area contributed by atoms with Crippen molar-refractivity contribution in [2.24, 2.45) is 5.73 Å². The van der Waals surface area contributed by atoms with Crippen LogP contribution >= 0.6 is 0 Å².